The molecule has 1 aromatic heterocycles. The van der Waals surface area contributed by atoms with E-state index < -0.39 is 21.6 Å². The largest absolute Gasteiger partial charge is 0.461 e. The third-order valence-electron chi connectivity index (χ3n) is 3.48. The lowest BCUT2D eigenvalue weighted by atomic mass is 10.1. The molecule has 0 spiro atoms. The zero-order valence-electron chi connectivity index (χ0n) is 12.0. The number of nitrogens with zero attached hydrogens (tertiary/aromatic N) is 2. The van der Waals surface area contributed by atoms with E-state index in [9.17, 15) is 17.6 Å². The van der Waals surface area contributed by atoms with Crippen LogP contribution >= 0.6 is 0 Å². The first-order valence-electron chi connectivity index (χ1n) is 6.61. The van der Waals surface area contributed by atoms with Crippen LogP contribution in [-0.4, -0.2) is 30.8 Å². The van der Waals surface area contributed by atoms with E-state index in [1.807, 2.05) is 0 Å². The van der Waals surface area contributed by atoms with Gasteiger partial charge in [0, 0.05) is 18.2 Å². The van der Waals surface area contributed by atoms with Crippen molar-refractivity contribution in [1.29, 1.82) is 0 Å². The minimum Gasteiger partial charge on any atom is -0.461 e. The summed E-state index contributed by atoms with van der Waals surface area (Å²) in [7, 11) is -2.08. The van der Waals surface area contributed by atoms with Crippen LogP contribution in [0.25, 0.3) is 11.3 Å². The number of ether oxygens (including phenoxy) is 1. The maximum absolute atomic E-state index is 13.5. The first kappa shape index (κ1) is 14.7. The summed E-state index contributed by atoms with van der Waals surface area (Å²) in [5, 5.41) is 4.06. The number of aromatic nitrogens is 2. The number of halogens is 1. The number of esters is 1. The third kappa shape index (κ3) is 2.10. The molecular weight excluding hydrogens is 311 g/mol. The summed E-state index contributed by atoms with van der Waals surface area (Å²) in [6, 6.07) is 3.48. The van der Waals surface area contributed by atoms with Gasteiger partial charge in [0.2, 0.25) is 0 Å². The maximum Gasteiger partial charge on any atom is 0.359 e. The van der Waals surface area contributed by atoms with Crippen LogP contribution in [0.15, 0.2) is 23.1 Å². The highest BCUT2D eigenvalue weighted by Gasteiger charge is 2.35. The Bertz CT molecular complexity index is 886. The maximum atomic E-state index is 13.5. The number of benzene rings is 1. The molecule has 3 rings (SSSR count). The van der Waals surface area contributed by atoms with Crippen molar-refractivity contribution in [2.45, 2.75) is 17.6 Å². The van der Waals surface area contributed by atoms with Crippen LogP contribution in [0.5, 0.6) is 0 Å². The highest BCUT2D eigenvalue weighted by molar-refractivity contribution is 7.90. The van der Waals surface area contributed by atoms with E-state index >= 15 is 0 Å². The smallest absolute Gasteiger partial charge is 0.359 e. The predicted molar refractivity (Wildman–Crippen MR) is 75.4 cm³/mol. The fourth-order valence-corrected chi connectivity index (χ4v) is 4.21. The number of hydrogen-bond donors (Lipinski definition) is 0. The van der Waals surface area contributed by atoms with E-state index in [1.54, 1.807) is 14.0 Å². The third-order valence-corrected chi connectivity index (χ3v) is 5.18. The molecule has 116 valence electrons. The van der Waals surface area contributed by atoms with Crippen molar-refractivity contribution in [3.05, 3.63) is 35.3 Å². The van der Waals surface area contributed by atoms with E-state index in [-0.39, 0.29) is 34.1 Å². The van der Waals surface area contributed by atoms with Crippen molar-refractivity contribution in [3.63, 3.8) is 0 Å². The van der Waals surface area contributed by atoms with Gasteiger partial charge in [0.05, 0.1) is 22.9 Å². The van der Waals surface area contributed by atoms with Gasteiger partial charge in [-0.2, -0.15) is 5.10 Å². The Morgan fingerprint density at radius 2 is 2.18 bits per heavy atom. The standard InChI is InChI=1S/C14H13FN2O4S/c1-3-21-14(18)12-10-7-22(19,20)11-5-4-8(15)6-9(11)13(10)17(2)16-12/h4-6H,3,7H2,1-2H3. The van der Waals surface area contributed by atoms with Gasteiger partial charge in [-0.15, -0.1) is 0 Å². The zero-order chi connectivity index (χ0) is 16.1. The average Bonchev–Trinajstić information content (AvgIpc) is 2.75. The molecule has 0 bridgehead atoms. The highest BCUT2D eigenvalue weighted by atomic mass is 32.2. The molecule has 0 unspecified atom stereocenters. The molecule has 0 saturated carbocycles. The Kier molecular flexibility index (Phi) is 3.28. The normalized spacial score (nSPS) is 15.0. The monoisotopic (exact) mass is 324 g/mol. The highest BCUT2D eigenvalue weighted by Crippen LogP contribution is 2.39. The fraction of sp³-hybridized carbons (Fsp3) is 0.286. The number of aryl methyl sites for hydroxylation is 1. The Labute approximate surface area is 126 Å². The van der Waals surface area contributed by atoms with Crippen LogP contribution in [0.3, 0.4) is 0 Å². The Morgan fingerprint density at radius 1 is 1.45 bits per heavy atom. The summed E-state index contributed by atoms with van der Waals surface area (Å²) in [6.45, 7) is 1.80. The van der Waals surface area contributed by atoms with Crippen LogP contribution in [0.4, 0.5) is 4.39 Å². The van der Waals surface area contributed by atoms with Gasteiger partial charge in [-0.05, 0) is 25.1 Å². The molecule has 2 aromatic rings. The molecule has 0 aliphatic carbocycles. The van der Waals surface area contributed by atoms with Gasteiger partial charge in [0.1, 0.15) is 5.82 Å². The van der Waals surface area contributed by atoms with Gasteiger partial charge in [0.25, 0.3) is 0 Å². The second kappa shape index (κ2) is 4.91. The van der Waals surface area contributed by atoms with Crippen molar-refractivity contribution in [2.75, 3.05) is 6.61 Å². The number of fused-ring (bicyclic) bond motifs is 3. The molecule has 1 aliphatic rings. The number of sulfone groups is 1. The van der Waals surface area contributed by atoms with E-state index in [0.717, 1.165) is 12.1 Å². The molecule has 1 aliphatic heterocycles. The Morgan fingerprint density at radius 3 is 2.86 bits per heavy atom. The van der Waals surface area contributed by atoms with Crippen LogP contribution in [-0.2, 0) is 27.4 Å². The summed E-state index contributed by atoms with van der Waals surface area (Å²) in [5.41, 5.74) is 0.844. The van der Waals surface area contributed by atoms with Gasteiger partial charge in [-0.3, -0.25) is 4.68 Å². The Hall–Kier alpha value is -2.22. The molecule has 2 heterocycles. The quantitative estimate of drug-likeness (QED) is 0.620. The van der Waals surface area contributed by atoms with Crippen molar-refractivity contribution in [1.82, 2.24) is 9.78 Å². The molecule has 6 nitrogen and oxygen atoms in total. The number of rotatable bonds is 2. The first-order valence-corrected chi connectivity index (χ1v) is 8.26. The lowest BCUT2D eigenvalue weighted by Crippen LogP contribution is -2.16. The van der Waals surface area contributed by atoms with Gasteiger partial charge < -0.3 is 4.74 Å². The molecule has 0 fully saturated rings. The topological polar surface area (TPSA) is 78.3 Å². The van der Waals surface area contributed by atoms with E-state index in [1.165, 1.54) is 10.7 Å². The van der Waals surface area contributed by atoms with Gasteiger partial charge in [-0.25, -0.2) is 17.6 Å². The second-order valence-corrected chi connectivity index (χ2v) is 6.88. The van der Waals surface area contributed by atoms with Crippen molar-refractivity contribution in [3.8, 4) is 11.3 Å². The molecule has 8 heteroatoms. The lowest BCUT2D eigenvalue weighted by molar-refractivity contribution is 0.0517. The summed E-state index contributed by atoms with van der Waals surface area (Å²) in [4.78, 5) is 12.0. The van der Waals surface area contributed by atoms with Crippen LogP contribution in [0.1, 0.15) is 23.0 Å². The van der Waals surface area contributed by atoms with E-state index in [4.69, 9.17) is 4.74 Å². The molecule has 0 saturated heterocycles. The van der Waals surface area contributed by atoms with Crippen molar-refractivity contribution < 1.29 is 22.3 Å². The molecule has 0 N–H and O–H groups in total. The zero-order valence-corrected chi connectivity index (χ0v) is 12.8. The molecule has 0 amide bonds. The van der Waals surface area contributed by atoms with Crippen LogP contribution < -0.4 is 0 Å². The van der Waals surface area contributed by atoms with Gasteiger partial charge in [-0.1, -0.05) is 0 Å². The van der Waals surface area contributed by atoms with Crippen LogP contribution in [0, 0.1) is 5.82 Å². The number of hydrogen-bond acceptors (Lipinski definition) is 5. The summed E-state index contributed by atoms with van der Waals surface area (Å²) >= 11 is 0. The predicted octanol–water partition coefficient (Wildman–Crippen LogP) is 1.69. The SMILES string of the molecule is CCOC(=O)c1nn(C)c2c1CS(=O)(=O)c1ccc(F)cc1-2. The molecule has 0 radical (unpaired) electrons. The Balaban J connectivity index is 2.31. The minimum atomic E-state index is -3.66. The first-order chi connectivity index (χ1) is 10.3. The molecular formula is C14H13FN2O4S. The second-order valence-electron chi connectivity index (χ2n) is 4.92. The molecule has 1 aromatic carbocycles. The van der Waals surface area contributed by atoms with Gasteiger partial charge in [0.15, 0.2) is 15.5 Å². The van der Waals surface area contributed by atoms with Crippen molar-refractivity contribution in [2.24, 2.45) is 7.05 Å². The number of carbonyl (C=O) groups is 1. The van der Waals surface area contributed by atoms with E-state index in [0.29, 0.717) is 5.69 Å². The summed E-state index contributed by atoms with van der Waals surface area (Å²) in [5.74, 6) is -1.60. The lowest BCUT2D eigenvalue weighted by Gasteiger charge is -2.18. The number of carbonyl (C=O) groups excluding carboxylic acids is 1. The van der Waals surface area contributed by atoms with Gasteiger partial charge >= 0.3 is 5.97 Å². The average molecular weight is 324 g/mol. The molecule has 22 heavy (non-hydrogen) atoms. The van der Waals surface area contributed by atoms with Crippen LogP contribution in [0.2, 0.25) is 0 Å². The fourth-order valence-electron chi connectivity index (χ4n) is 2.63. The minimum absolute atomic E-state index is 0.0415. The summed E-state index contributed by atoms with van der Waals surface area (Å²) < 4.78 is 44.6. The molecule has 0 atom stereocenters. The van der Waals surface area contributed by atoms with Crippen molar-refractivity contribution >= 4 is 15.8 Å². The van der Waals surface area contributed by atoms with E-state index in [2.05, 4.69) is 5.10 Å². The summed E-state index contributed by atoms with van der Waals surface area (Å²) in [6.07, 6.45) is 0.